The van der Waals surface area contributed by atoms with E-state index in [1.165, 1.54) is 0 Å². The van der Waals surface area contributed by atoms with E-state index in [1.807, 2.05) is 64.1 Å². The first-order valence-corrected chi connectivity index (χ1v) is 10.2. The predicted octanol–water partition coefficient (Wildman–Crippen LogP) is 4.47. The molecule has 7 heteroatoms. The second-order valence-electron chi connectivity index (χ2n) is 7.77. The zero-order chi connectivity index (χ0) is 22.5. The molecule has 1 atom stereocenters. The first-order chi connectivity index (χ1) is 14.7. The van der Waals surface area contributed by atoms with Gasteiger partial charge in [-0.2, -0.15) is 4.98 Å². The van der Waals surface area contributed by atoms with Crippen LogP contribution in [0.2, 0.25) is 0 Å². The van der Waals surface area contributed by atoms with Gasteiger partial charge in [-0.05, 0) is 45.7 Å². The lowest BCUT2D eigenvalue weighted by atomic mass is 10.0. The molecule has 1 amide bonds. The van der Waals surface area contributed by atoms with Crippen LogP contribution >= 0.6 is 0 Å². The van der Waals surface area contributed by atoms with E-state index in [2.05, 4.69) is 15.5 Å². The van der Waals surface area contributed by atoms with Gasteiger partial charge in [0, 0.05) is 17.7 Å². The molecule has 1 aromatic heterocycles. The summed E-state index contributed by atoms with van der Waals surface area (Å²) in [5.74, 6) is -0.0616. The van der Waals surface area contributed by atoms with Crippen LogP contribution in [0.25, 0.3) is 11.4 Å². The molecule has 0 saturated heterocycles. The molecule has 1 heterocycles. The highest BCUT2D eigenvalue weighted by Gasteiger charge is 2.20. The molecule has 0 spiro atoms. The summed E-state index contributed by atoms with van der Waals surface area (Å²) in [6, 6.07) is 11.7. The van der Waals surface area contributed by atoms with Gasteiger partial charge in [0.2, 0.25) is 11.7 Å². The Balaban J connectivity index is 1.51. The monoisotopic (exact) mass is 421 g/mol. The van der Waals surface area contributed by atoms with E-state index >= 15 is 0 Å². The molecule has 0 radical (unpaired) electrons. The summed E-state index contributed by atoms with van der Waals surface area (Å²) >= 11 is 0. The van der Waals surface area contributed by atoms with E-state index in [-0.39, 0.29) is 18.7 Å². The summed E-state index contributed by atoms with van der Waals surface area (Å²) in [4.78, 5) is 29.0. The average Bonchev–Trinajstić information content (AvgIpc) is 3.18. The molecule has 0 fully saturated rings. The van der Waals surface area contributed by atoms with Gasteiger partial charge in [0.15, 0.2) is 6.10 Å². The Morgan fingerprint density at radius 3 is 2.32 bits per heavy atom. The third-order valence-corrected chi connectivity index (χ3v) is 4.92. The summed E-state index contributed by atoms with van der Waals surface area (Å²) in [5, 5.41) is 6.80. The Morgan fingerprint density at radius 2 is 1.68 bits per heavy atom. The van der Waals surface area contributed by atoms with E-state index in [4.69, 9.17) is 9.26 Å². The number of carbonyl (C=O) groups is 2. The van der Waals surface area contributed by atoms with Crippen LogP contribution in [0.3, 0.4) is 0 Å². The fraction of sp³-hybridized carbons (Fsp3) is 0.333. The quantitative estimate of drug-likeness (QED) is 0.566. The molecule has 2 aromatic carbocycles. The zero-order valence-electron chi connectivity index (χ0n) is 18.5. The van der Waals surface area contributed by atoms with Gasteiger partial charge in [-0.3, -0.25) is 9.59 Å². The van der Waals surface area contributed by atoms with Crippen LogP contribution in [0.4, 0.5) is 5.69 Å². The van der Waals surface area contributed by atoms with Gasteiger partial charge in [0.05, 0.1) is 6.42 Å². The van der Waals surface area contributed by atoms with E-state index in [0.717, 1.165) is 33.5 Å². The molecule has 7 nitrogen and oxygen atoms in total. The van der Waals surface area contributed by atoms with Crippen molar-refractivity contribution in [2.75, 3.05) is 5.32 Å². The minimum Gasteiger partial charge on any atom is -0.453 e. The number of nitrogens with zero attached hydrogens (tertiary/aromatic N) is 2. The number of nitrogens with one attached hydrogen (secondary N) is 1. The molecule has 3 rings (SSSR count). The van der Waals surface area contributed by atoms with Crippen molar-refractivity contribution in [3.63, 3.8) is 0 Å². The number of anilines is 1. The van der Waals surface area contributed by atoms with Crippen molar-refractivity contribution in [2.45, 2.75) is 53.6 Å². The molecule has 31 heavy (non-hydrogen) atoms. The maximum atomic E-state index is 12.5. The third-order valence-electron chi connectivity index (χ3n) is 4.92. The fourth-order valence-electron chi connectivity index (χ4n) is 3.30. The number of aryl methyl sites for hydroxylation is 5. The molecule has 0 aliphatic carbocycles. The smallest absolute Gasteiger partial charge is 0.307 e. The van der Waals surface area contributed by atoms with Gasteiger partial charge in [-0.25, -0.2) is 0 Å². The molecule has 0 aliphatic heterocycles. The highest BCUT2D eigenvalue weighted by molar-refractivity contribution is 5.96. The number of hydrogen-bond acceptors (Lipinski definition) is 6. The summed E-state index contributed by atoms with van der Waals surface area (Å²) in [6.07, 6.45) is -0.642. The van der Waals surface area contributed by atoms with E-state index in [1.54, 1.807) is 6.92 Å². The average molecular weight is 421 g/mol. The molecule has 3 aromatic rings. The molecular formula is C24H27N3O4. The lowest BCUT2D eigenvalue weighted by molar-refractivity contribution is -0.153. The van der Waals surface area contributed by atoms with Crippen molar-refractivity contribution in [3.05, 3.63) is 64.5 Å². The van der Waals surface area contributed by atoms with Crippen LogP contribution in [0.15, 0.2) is 40.9 Å². The Bertz CT molecular complexity index is 1060. The SMILES string of the molecule is Cc1ccc(-c2noc(CCC(=O)OC(C)C(=O)Nc3c(C)cc(C)cc3C)n2)cc1. The van der Waals surface area contributed by atoms with Crippen molar-refractivity contribution in [2.24, 2.45) is 0 Å². The Kier molecular flexibility index (Phi) is 6.84. The lowest BCUT2D eigenvalue weighted by Crippen LogP contribution is -2.30. The van der Waals surface area contributed by atoms with Crippen molar-refractivity contribution < 1.29 is 18.8 Å². The van der Waals surface area contributed by atoms with Crippen LogP contribution in [-0.2, 0) is 20.7 Å². The Hall–Kier alpha value is -3.48. The second-order valence-corrected chi connectivity index (χ2v) is 7.77. The largest absolute Gasteiger partial charge is 0.453 e. The molecule has 162 valence electrons. The predicted molar refractivity (Wildman–Crippen MR) is 118 cm³/mol. The summed E-state index contributed by atoms with van der Waals surface area (Å²) in [5.41, 5.74) is 5.78. The summed E-state index contributed by atoms with van der Waals surface area (Å²) < 4.78 is 10.5. The standard InChI is InChI=1S/C24H27N3O4/c1-14-6-8-19(9-7-14)23-25-20(31-27-23)10-11-21(28)30-18(5)24(29)26-22-16(3)12-15(2)13-17(22)4/h6-9,12-13,18H,10-11H2,1-5H3,(H,26,29). The van der Waals surface area contributed by atoms with Crippen molar-refractivity contribution >= 4 is 17.6 Å². The van der Waals surface area contributed by atoms with Gasteiger partial charge in [0.1, 0.15) is 0 Å². The van der Waals surface area contributed by atoms with E-state index in [0.29, 0.717) is 11.7 Å². The van der Waals surface area contributed by atoms with Crippen LogP contribution in [0.1, 0.15) is 41.5 Å². The molecule has 0 saturated carbocycles. The van der Waals surface area contributed by atoms with Crippen LogP contribution < -0.4 is 5.32 Å². The van der Waals surface area contributed by atoms with Crippen molar-refractivity contribution in [3.8, 4) is 11.4 Å². The van der Waals surface area contributed by atoms with Crippen LogP contribution in [0.5, 0.6) is 0 Å². The van der Waals surface area contributed by atoms with Gasteiger partial charge < -0.3 is 14.6 Å². The number of carbonyl (C=O) groups excluding carboxylic acids is 2. The molecule has 0 bridgehead atoms. The third kappa shape index (κ3) is 5.78. The topological polar surface area (TPSA) is 94.3 Å². The van der Waals surface area contributed by atoms with Crippen LogP contribution in [-0.4, -0.2) is 28.1 Å². The maximum absolute atomic E-state index is 12.5. The number of benzene rings is 2. The molecule has 0 aliphatic rings. The number of hydrogen-bond donors (Lipinski definition) is 1. The summed E-state index contributed by atoms with van der Waals surface area (Å²) in [7, 11) is 0. The van der Waals surface area contributed by atoms with Gasteiger partial charge in [0.25, 0.3) is 5.91 Å². The minimum absolute atomic E-state index is 0.0374. The second kappa shape index (κ2) is 9.55. The Morgan fingerprint density at radius 1 is 1.03 bits per heavy atom. The number of rotatable bonds is 7. The van der Waals surface area contributed by atoms with Gasteiger partial charge in [-0.1, -0.05) is 52.7 Å². The molecule has 1 unspecified atom stereocenters. The first-order valence-electron chi connectivity index (χ1n) is 10.2. The normalized spacial score (nSPS) is 11.8. The Labute approximate surface area is 181 Å². The van der Waals surface area contributed by atoms with Crippen LogP contribution in [0, 0.1) is 27.7 Å². The van der Waals surface area contributed by atoms with E-state index < -0.39 is 12.1 Å². The maximum Gasteiger partial charge on any atom is 0.307 e. The number of amides is 1. The lowest BCUT2D eigenvalue weighted by Gasteiger charge is -2.16. The van der Waals surface area contributed by atoms with E-state index in [9.17, 15) is 9.59 Å². The number of esters is 1. The first kappa shape index (κ1) is 22.2. The van der Waals surface area contributed by atoms with Crippen molar-refractivity contribution in [1.82, 2.24) is 10.1 Å². The minimum atomic E-state index is -0.918. The number of aromatic nitrogens is 2. The molecular weight excluding hydrogens is 394 g/mol. The highest BCUT2D eigenvalue weighted by Crippen LogP contribution is 2.22. The summed E-state index contributed by atoms with van der Waals surface area (Å²) in [6.45, 7) is 9.42. The highest BCUT2D eigenvalue weighted by atomic mass is 16.5. The van der Waals surface area contributed by atoms with Crippen molar-refractivity contribution in [1.29, 1.82) is 0 Å². The zero-order valence-corrected chi connectivity index (χ0v) is 18.5. The van der Waals surface area contributed by atoms with Gasteiger partial charge in [-0.15, -0.1) is 0 Å². The fourth-order valence-corrected chi connectivity index (χ4v) is 3.30. The van der Waals surface area contributed by atoms with Gasteiger partial charge >= 0.3 is 5.97 Å². The number of ether oxygens (including phenoxy) is 1. The molecule has 1 N–H and O–H groups in total.